The highest BCUT2D eigenvalue weighted by Gasteiger charge is 2.20. The molecule has 3 rings (SSSR count). The summed E-state index contributed by atoms with van der Waals surface area (Å²) in [5.74, 6) is -1.02. The predicted octanol–water partition coefficient (Wildman–Crippen LogP) is 5.07. The lowest BCUT2D eigenvalue weighted by Gasteiger charge is -2.27. The van der Waals surface area contributed by atoms with Gasteiger partial charge in [0.25, 0.3) is 0 Å². The van der Waals surface area contributed by atoms with E-state index in [0.29, 0.717) is 12.6 Å². The van der Waals surface area contributed by atoms with E-state index in [2.05, 4.69) is 31.3 Å². The van der Waals surface area contributed by atoms with Crippen LogP contribution in [0.5, 0.6) is 0 Å². The predicted molar refractivity (Wildman–Crippen MR) is 114 cm³/mol. The first-order valence-corrected chi connectivity index (χ1v) is 9.94. The van der Waals surface area contributed by atoms with Crippen LogP contribution in [0.1, 0.15) is 41.0 Å². The highest BCUT2D eigenvalue weighted by molar-refractivity contribution is 5.85. The van der Waals surface area contributed by atoms with E-state index in [4.69, 9.17) is 9.47 Å². The van der Waals surface area contributed by atoms with Gasteiger partial charge in [0.2, 0.25) is 0 Å². The van der Waals surface area contributed by atoms with Crippen molar-refractivity contribution in [2.45, 2.75) is 45.3 Å². The fourth-order valence-electron chi connectivity index (χ4n) is 3.90. The van der Waals surface area contributed by atoms with Crippen molar-refractivity contribution >= 4 is 12.4 Å². The molecule has 1 N–H and O–H groups in total. The number of nitrogens with one attached hydrogen (secondary N) is 1. The summed E-state index contributed by atoms with van der Waals surface area (Å²) < 4.78 is 39.0. The molecular weight excluding hydrogens is 396 g/mol. The van der Waals surface area contributed by atoms with E-state index in [0.717, 1.165) is 32.6 Å². The molecule has 0 radical (unpaired) electrons. The number of rotatable bonds is 8. The molecule has 1 heterocycles. The molecule has 6 heteroatoms. The van der Waals surface area contributed by atoms with Crippen molar-refractivity contribution in [2.75, 3.05) is 26.4 Å². The van der Waals surface area contributed by atoms with Gasteiger partial charge in [0.1, 0.15) is 11.6 Å². The zero-order valence-corrected chi connectivity index (χ0v) is 17.9. The summed E-state index contributed by atoms with van der Waals surface area (Å²) in [6, 6.07) is 10.6. The summed E-state index contributed by atoms with van der Waals surface area (Å²) >= 11 is 0. The smallest absolute Gasteiger partial charge is 0.131 e. The Kier molecular flexibility index (Phi) is 9.50. The molecule has 2 aromatic rings. The first-order valence-electron chi connectivity index (χ1n) is 9.94. The molecule has 0 bridgehead atoms. The van der Waals surface area contributed by atoms with E-state index in [-0.39, 0.29) is 30.5 Å². The first-order chi connectivity index (χ1) is 13.6. The van der Waals surface area contributed by atoms with Gasteiger partial charge in [0.15, 0.2) is 0 Å². The maximum Gasteiger partial charge on any atom is 0.131 e. The van der Waals surface area contributed by atoms with Crippen LogP contribution < -0.4 is 5.32 Å². The molecule has 3 nitrogen and oxygen atoms in total. The standard InChI is InChI=1S/C23H29F2NO2.ClH/c1-16-5-3-6-17(2)23(16)18(13-26-19-9-11-27-12-10-19)14-28-15-20-21(24)7-4-8-22(20)25;/h3-8,18-19,26H,9-15H2,1-2H3;1H. The van der Waals surface area contributed by atoms with Crippen molar-refractivity contribution in [1.82, 2.24) is 5.32 Å². The maximum absolute atomic E-state index is 13.9. The van der Waals surface area contributed by atoms with Gasteiger partial charge in [-0.1, -0.05) is 24.3 Å². The molecule has 0 spiro atoms. The Morgan fingerprint density at radius 2 is 1.62 bits per heavy atom. The molecule has 160 valence electrons. The minimum Gasteiger partial charge on any atom is -0.381 e. The first kappa shape index (κ1) is 23.7. The molecule has 1 saturated heterocycles. The molecule has 1 aliphatic rings. The monoisotopic (exact) mass is 425 g/mol. The summed E-state index contributed by atoms with van der Waals surface area (Å²) in [5, 5.41) is 3.64. The van der Waals surface area contributed by atoms with Gasteiger partial charge in [-0.25, -0.2) is 8.78 Å². The Bertz CT molecular complexity index is 741. The van der Waals surface area contributed by atoms with Gasteiger partial charge in [-0.3, -0.25) is 0 Å². The summed E-state index contributed by atoms with van der Waals surface area (Å²) in [4.78, 5) is 0. The minimum absolute atomic E-state index is 0. The third-order valence-electron chi connectivity index (χ3n) is 5.45. The second-order valence-electron chi connectivity index (χ2n) is 7.51. The summed E-state index contributed by atoms with van der Waals surface area (Å²) in [5.41, 5.74) is 3.65. The number of ether oxygens (including phenoxy) is 2. The van der Waals surface area contributed by atoms with Crippen molar-refractivity contribution < 1.29 is 18.3 Å². The van der Waals surface area contributed by atoms with Gasteiger partial charge in [-0.15, -0.1) is 12.4 Å². The zero-order chi connectivity index (χ0) is 19.9. The third kappa shape index (κ3) is 6.48. The lowest BCUT2D eigenvalue weighted by molar-refractivity contribution is 0.0732. The van der Waals surface area contributed by atoms with Crippen LogP contribution in [-0.4, -0.2) is 32.4 Å². The van der Waals surface area contributed by atoms with E-state index >= 15 is 0 Å². The van der Waals surface area contributed by atoms with Crippen LogP contribution >= 0.6 is 12.4 Å². The van der Waals surface area contributed by atoms with E-state index in [1.165, 1.54) is 34.9 Å². The van der Waals surface area contributed by atoms with Crippen molar-refractivity contribution in [2.24, 2.45) is 0 Å². The topological polar surface area (TPSA) is 30.5 Å². The largest absolute Gasteiger partial charge is 0.381 e. The average Bonchev–Trinajstić information content (AvgIpc) is 2.68. The zero-order valence-electron chi connectivity index (χ0n) is 17.0. The Labute approximate surface area is 178 Å². The lowest BCUT2D eigenvalue weighted by atomic mass is 9.90. The van der Waals surface area contributed by atoms with Crippen LogP contribution in [0.3, 0.4) is 0 Å². The van der Waals surface area contributed by atoms with Crippen LogP contribution in [0, 0.1) is 25.5 Å². The number of halogens is 3. The van der Waals surface area contributed by atoms with Crippen LogP contribution in [0.15, 0.2) is 36.4 Å². The SMILES string of the molecule is Cc1cccc(C)c1C(CNC1CCOCC1)COCc1c(F)cccc1F.Cl. The molecule has 1 atom stereocenters. The van der Waals surface area contributed by atoms with E-state index in [1.54, 1.807) is 0 Å². The molecule has 29 heavy (non-hydrogen) atoms. The average molecular weight is 426 g/mol. The van der Waals surface area contributed by atoms with Gasteiger partial charge >= 0.3 is 0 Å². The highest BCUT2D eigenvalue weighted by atomic mass is 35.5. The molecule has 2 aromatic carbocycles. The quantitative estimate of drug-likeness (QED) is 0.640. The van der Waals surface area contributed by atoms with E-state index < -0.39 is 11.6 Å². The number of hydrogen-bond donors (Lipinski definition) is 1. The number of aryl methyl sites for hydroxylation is 2. The molecule has 1 aliphatic heterocycles. The molecule has 0 aromatic heterocycles. The van der Waals surface area contributed by atoms with Crippen LogP contribution in [0.2, 0.25) is 0 Å². The van der Waals surface area contributed by atoms with Crippen molar-refractivity contribution in [1.29, 1.82) is 0 Å². The molecular formula is C23H30ClF2NO2. The molecule has 0 amide bonds. The van der Waals surface area contributed by atoms with Gasteiger partial charge in [0.05, 0.1) is 13.2 Å². The lowest BCUT2D eigenvalue weighted by Crippen LogP contribution is -2.38. The second-order valence-corrected chi connectivity index (χ2v) is 7.51. The molecule has 0 saturated carbocycles. The van der Waals surface area contributed by atoms with Crippen LogP contribution in [0.4, 0.5) is 8.78 Å². The van der Waals surface area contributed by atoms with Gasteiger partial charge in [-0.05, 0) is 55.5 Å². The van der Waals surface area contributed by atoms with Crippen molar-refractivity contribution in [3.63, 3.8) is 0 Å². The molecule has 0 aliphatic carbocycles. The van der Waals surface area contributed by atoms with Gasteiger partial charge in [-0.2, -0.15) is 0 Å². The third-order valence-corrected chi connectivity index (χ3v) is 5.45. The van der Waals surface area contributed by atoms with Gasteiger partial charge < -0.3 is 14.8 Å². The van der Waals surface area contributed by atoms with Crippen molar-refractivity contribution in [3.8, 4) is 0 Å². The Balaban J connectivity index is 0.00000300. The molecule has 1 unspecified atom stereocenters. The summed E-state index contributed by atoms with van der Waals surface area (Å²) in [7, 11) is 0. The number of benzene rings is 2. The Hall–Kier alpha value is -1.53. The van der Waals surface area contributed by atoms with E-state index in [1.807, 2.05) is 6.07 Å². The highest BCUT2D eigenvalue weighted by Crippen LogP contribution is 2.25. The number of hydrogen-bond acceptors (Lipinski definition) is 3. The Morgan fingerprint density at radius 1 is 1.03 bits per heavy atom. The maximum atomic E-state index is 13.9. The van der Waals surface area contributed by atoms with Crippen LogP contribution in [0.25, 0.3) is 0 Å². The normalized spacial score (nSPS) is 15.7. The second kappa shape index (κ2) is 11.6. The van der Waals surface area contributed by atoms with E-state index in [9.17, 15) is 8.78 Å². The molecule has 1 fully saturated rings. The summed E-state index contributed by atoms with van der Waals surface area (Å²) in [6.45, 7) is 6.85. The fraction of sp³-hybridized carbons (Fsp3) is 0.478. The fourth-order valence-corrected chi connectivity index (χ4v) is 3.90. The minimum atomic E-state index is -0.566. The van der Waals surface area contributed by atoms with Crippen molar-refractivity contribution in [3.05, 3.63) is 70.3 Å². The summed E-state index contributed by atoms with van der Waals surface area (Å²) in [6.07, 6.45) is 2.00. The Morgan fingerprint density at radius 3 is 2.24 bits per heavy atom. The van der Waals surface area contributed by atoms with Crippen LogP contribution in [-0.2, 0) is 16.1 Å². The van der Waals surface area contributed by atoms with Gasteiger partial charge in [0, 0.05) is 37.3 Å².